The number of sulfonamides is 1. The van der Waals surface area contributed by atoms with Crippen molar-refractivity contribution in [1.82, 2.24) is 9.73 Å². The summed E-state index contributed by atoms with van der Waals surface area (Å²) in [4.78, 5) is 12.5. The van der Waals surface area contributed by atoms with E-state index in [1.54, 1.807) is 12.1 Å². The van der Waals surface area contributed by atoms with Crippen LogP contribution in [0.1, 0.15) is 11.3 Å². The van der Waals surface area contributed by atoms with Crippen LogP contribution in [0.3, 0.4) is 0 Å². The number of nitrogens with one attached hydrogen (secondary N) is 1. The van der Waals surface area contributed by atoms with E-state index in [0.29, 0.717) is 17.9 Å². The van der Waals surface area contributed by atoms with Crippen LogP contribution < -0.4 is 14.9 Å². The minimum atomic E-state index is -4.03. The van der Waals surface area contributed by atoms with Gasteiger partial charge in [0.05, 0.1) is 38.1 Å². The van der Waals surface area contributed by atoms with Gasteiger partial charge in [-0.2, -0.15) is 9.41 Å². The molecule has 3 rings (SSSR count). The zero-order chi connectivity index (χ0) is 23.7. The highest BCUT2D eigenvalue weighted by Crippen LogP contribution is 2.30. The zero-order valence-electron chi connectivity index (χ0n) is 18.3. The molecule has 0 aliphatic rings. The molecule has 1 amide bonds. The number of furan rings is 1. The first kappa shape index (κ1) is 24.0. The third kappa shape index (κ3) is 6.43. The van der Waals surface area contributed by atoms with Gasteiger partial charge in [0.25, 0.3) is 5.91 Å². The number of hydrazone groups is 1. The summed E-state index contributed by atoms with van der Waals surface area (Å²) >= 11 is 0. The summed E-state index contributed by atoms with van der Waals surface area (Å²) in [5, 5.41) is 3.81. The first-order valence-corrected chi connectivity index (χ1v) is 11.5. The summed E-state index contributed by atoms with van der Waals surface area (Å²) in [6, 6.07) is 17.1. The van der Waals surface area contributed by atoms with Crippen molar-refractivity contribution in [3.05, 3.63) is 78.3 Å². The van der Waals surface area contributed by atoms with Gasteiger partial charge < -0.3 is 13.9 Å². The van der Waals surface area contributed by atoms with E-state index in [0.717, 1.165) is 9.87 Å². The molecular formula is C23H25N3O6S. The Balaban J connectivity index is 1.81. The summed E-state index contributed by atoms with van der Waals surface area (Å²) in [7, 11) is -1.14. The number of benzene rings is 2. The molecule has 0 bridgehead atoms. The molecule has 3 aromatic rings. The summed E-state index contributed by atoms with van der Waals surface area (Å²) in [6.07, 6.45) is 3.23. The summed E-state index contributed by atoms with van der Waals surface area (Å²) in [5.74, 6) is 0.537. The van der Waals surface area contributed by atoms with Crippen LogP contribution >= 0.6 is 0 Å². The predicted molar refractivity (Wildman–Crippen MR) is 123 cm³/mol. The lowest BCUT2D eigenvalue weighted by Crippen LogP contribution is -2.40. The number of carbonyl (C=O) groups is 1. The Morgan fingerprint density at radius 1 is 1.06 bits per heavy atom. The molecule has 10 heteroatoms. The van der Waals surface area contributed by atoms with Crippen molar-refractivity contribution < 1.29 is 27.1 Å². The standard InChI is InChI=1S/C23H25N3O6S/c1-30-21-11-10-20(15-22(21)31-2)33(28,29)26(13-12-18-7-4-3-5-8-18)17-23(27)25-24-16-19-9-6-14-32-19/h3-11,14-16H,12-13,17H2,1-2H3,(H,25,27)/b24-16-. The third-order valence-corrected chi connectivity index (χ3v) is 6.57. The second-order valence-electron chi connectivity index (χ2n) is 6.90. The SMILES string of the molecule is COc1ccc(S(=O)(=O)N(CCc2ccccc2)CC(=O)N/N=C\c2ccco2)cc1OC. The minimum absolute atomic E-state index is 0.0138. The van der Waals surface area contributed by atoms with E-state index in [9.17, 15) is 13.2 Å². The molecule has 2 aromatic carbocycles. The summed E-state index contributed by atoms with van der Waals surface area (Å²) < 4.78 is 43.5. The van der Waals surface area contributed by atoms with E-state index in [4.69, 9.17) is 13.9 Å². The molecule has 0 saturated heterocycles. The van der Waals surface area contributed by atoms with Crippen LogP contribution in [-0.2, 0) is 21.2 Å². The van der Waals surface area contributed by atoms with Gasteiger partial charge in [0, 0.05) is 12.6 Å². The molecule has 0 aliphatic carbocycles. The first-order chi connectivity index (χ1) is 15.9. The number of ether oxygens (including phenoxy) is 2. The van der Waals surface area contributed by atoms with Gasteiger partial charge in [0.15, 0.2) is 11.5 Å². The van der Waals surface area contributed by atoms with Crippen molar-refractivity contribution in [3.63, 3.8) is 0 Å². The predicted octanol–water partition coefficient (Wildman–Crippen LogP) is 2.68. The van der Waals surface area contributed by atoms with E-state index in [2.05, 4.69) is 10.5 Å². The van der Waals surface area contributed by atoms with Crippen LogP contribution in [-0.4, -0.2) is 52.2 Å². The molecule has 1 N–H and O–H groups in total. The number of carbonyl (C=O) groups excluding carboxylic acids is 1. The van der Waals surface area contributed by atoms with Gasteiger partial charge >= 0.3 is 0 Å². The van der Waals surface area contributed by atoms with Crippen LogP contribution in [0.5, 0.6) is 11.5 Å². The van der Waals surface area contributed by atoms with Crippen LogP contribution in [0, 0.1) is 0 Å². The van der Waals surface area contributed by atoms with E-state index >= 15 is 0 Å². The van der Waals surface area contributed by atoms with Crippen LogP contribution in [0.15, 0.2) is 81.3 Å². The van der Waals surface area contributed by atoms with Crippen LogP contribution in [0.2, 0.25) is 0 Å². The van der Waals surface area contributed by atoms with Gasteiger partial charge in [-0.05, 0) is 36.2 Å². The van der Waals surface area contributed by atoms with Gasteiger partial charge in [0.2, 0.25) is 10.0 Å². The molecule has 0 saturated carbocycles. The Morgan fingerprint density at radius 2 is 1.82 bits per heavy atom. The molecule has 0 atom stereocenters. The van der Waals surface area contributed by atoms with Crippen molar-refractivity contribution in [1.29, 1.82) is 0 Å². The van der Waals surface area contributed by atoms with E-state index in [1.165, 1.54) is 44.9 Å². The molecule has 1 aromatic heterocycles. The molecule has 33 heavy (non-hydrogen) atoms. The third-order valence-electron chi connectivity index (χ3n) is 4.73. The maximum absolute atomic E-state index is 13.4. The van der Waals surface area contributed by atoms with Crippen molar-refractivity contribution in [3.8, 4) is 11.5 Å². The van der Waals surface area contributed by atoms with Gasteiger partial charge in [-0.1, -0.05) is 30.3 Å². The summed E-state index contributed by atoms with van der Waals surface area (Å²) in [5.41, 5.74) is 3.28. The molecule has 0 unspecified atom stereocenters. The van der Waals surface area contributed by atoms with E-state index < -0.39 is 22.5 Å². The minimum Gasteiger partial charge on any atom is -0.493 e. The monoisotopic (exact) mass is 471 g/mol. The highest BCUT2D eigenvalue weighted by atomic mass is 32.2. The number of rotatable bonds is 11. The lowest BCUT2D eigenvalue weighted by Gasteiger charge is -2.22. The molecule has 0 fully saturated rings. The number of hydrogen-bond acceptors (Lipinski definition) is 7. The van der Waals surface area contributed by atoms with Crippen LogP contribution in [0.4, 0.5) is 0 Å². The fourth-order valence-electron chi connectivity index (χ4n) is 3.04. The van der Waals surface area contributed by atoms with E-state index in [1.807, 2.05) is 30.3 Å². The highest BCUT2D eigenvalue weighted by Gasteiger charge is 2.27. The number of nitrogens with zero attached hydrogens (tertiary/aromatic N) is 2. The Kier molecular flexibility index (Phi) is 8.22. The smallest absolute Gasteiger partial charge is 0.255 e. The first-order valence-electron chi connectivity index (χ1n) is 10.1. The van der Waals surface area contributed by atoms with Crippen molar-refractivity contribution in [2.45, 2.75) is 11.3 Å². The Morgan fingerprint density at radius 3 is 2.48 bits per heavy atom. The second kappa shape index (κ2) is 11.3. The van der Waals surface area contributed by atoms with Crippen LogP contribution in [0.25, 0.3) is 0 Å². The fourth-order valence-corrected chi connectivity index (χ4v) is 4.45. The van der Waals surface area contributed by atoms with Gasteiger partial charge in [-0.25, -0.2) is 13.8 Å². The topological polar surface area (TPSA) is 110 Å². The Hall–Kier alpha value is -3.63. The molecule has 0 radical (unpaired) electrons. The number of hydrogen-bond donors (Lipinski definition) is 1. The highest BCUT2D eigenvalue weighted by molar-refractivity contribution is 7.89. The van der Waals surface area contributed by atoms with E-state index in [-0.39, 0.29) is 17.2 Å². The van der Waals surface area contributed by atoms with Crippen molar-refractivity contribution >= 4 is 22.1 Å². The number of amides is 1. The lowest BCUT2D eigenvalue weighted by atomic mass is 10.1. The Labute approximate surface area is 192 Å². The van der Waals surface area contributed by atoms with Gasteiger partial charge in [0.1, 0.15) is 5.76 Å². The number of methoxy groups -OCH3 is 2. The molecule has 0 spiro atoms. The average Bonchev–Trinajstić information content (AvgIpc) is 3.35. The average molecular weight is 472 g/mol. The maximum atomic E-state index is 13.4. The van der Waals surface area contributed by atoms with Gasteiger partial charge in [-0.15, -0.1) is 0 Å². The Bertz CT molecular complexity index is 1180. The second-order valence-corrected chi connectivity index (χ2v) is 8.84. The molecule has 1 heterocycles. The molecule has 0 aliphatic heterocycles. The summed E-state index contributed by atoms with van der Waals surface area (Å²) in [6.45, 7) is -0.324. The molecular weight excluding hydrogens is 446 g/mol. The molecule has 9 nitrogen and oxygen atoms in total. The normalized spacial score (nSPS) is 11.6. The largest absolute Gasteiger partial charge is 0.493 e. The van der Waals surface area contributed by atoms with Crippen molar-refractivity contribution in [2.75, 3.05) is 27.3 Å². The lowest BCUT2D eigenvalue weighted by molar-refractivity contribution is -0.121. The fraction of sp³-hybridized carbons (Fsp3) is 0.217. The quantitative estimate of drug-likeness (QED) is 0.340. The molecule has 174 valence electrons. The van der Waals surface area contributed by atoms with Gasteiger partial charge in [-0.3, -0.25) is 4.79 Å². The maximum Gasteiger partial charge on any atom is 0.255 e. The zero-order valence-corrected chi connectivity index (χ0v) is 19.1. The van der Waals surface area contributed by atoms with Crippen molar-refractivity contribution in [2.24, 2.45) is 5.10 Å².